The Hall–Kier alpha value is -4.59. The molecule has 0 heterocycles. The molecule has 8 heteroatoms. The highest BCUT2D eigenvalue weighted by atomic mass is 16.5. The number of nitrogens with zero attached hydrogens (tertiary/aromatic N) is 2. The number of phenolic OH excluding ortho intramolecular Hbond substituents is 1. The van der Waals surface area contributed by atoms with Crippen molar-refractivity contribution in [2.75, 3.05) is 25.6 Å². The van der Waals surface area contributed by atoms with E-state index in [-0.39, 0.29) is 11.4 Å². The molecule has 0 aliphatic rings. The maximum atomic E-state index is 12.9. The molecule has 3 rings (SSSR count). The zero-order valence-corrected chi connectivity index (χ0v) is 19.9. The van der Waals surface area contributed by atoms with E-state index in [0.29, 0.717) is 23.5 Å². The number of amides is 2. The average Bonchev–Trinajstić information content (AvgIpc) is 2.86. The molecule has 3 aromatic rings. The minimum atomic E-state index is -0.592. The van der Waals surface area contributed by atoms with Gasteiger partial charge in [0, 0.05) is 25.3 Å². The van der Waals surface area contributed by atoms with E-state index in [1.165, 1.54) is 12.3 Å². The third kappa shape index (κ3) is 7.20. The molecule has 3 aromatic carbocycles. The average molecular weight is 473 g/mol. The van der Waals surface area contributed by atoms with Gasteiger partial charge in [0.2, 0.25) is 0 Å². The fraction of sp³-hybridized carbons (Fsp3) is 0.148. The van der Waals surface area contributed by atoms with Crippen LogP contribution in [0.5, 0.6) is 11.5 Å². The van der Waals surface area contributed by atoms with Gasteiger partial charge in [0.15, 0.2) is 11.5 Å². The van der Waals surface area contributed by atoms with Crippen molar-refractivity contribution in [3.63, 3.8) is 0 Å². The van der Waals surface area contributed by atoms with Gasteiger partial charge in [0.1, 0.15) is 5.70 Å². The van der Waals surface area contributed by atoms with Crippen molar-refractivity contribution in [2.45, 2.75) is 6.92 Å². The second kappa shape index (κ2) is 12.0. The molecule has 0 saturated heterocycles. The molecule has 0 radical (unpaired) electrons. The lowest BCUT2D eigenvalue weighted by Gasteiger charge is -2.12. The smallest absolute Gasteiger partial charge is 0.287 e. The highest BCUT2D eigenvalue weighted by Gasteiger charge is 2.14. The van der Waals surface area contributed by atoms with Crippen molar-refractivity contribution >= 4 is 29.8 Å². The molecule has 0 bridgehead atoms. The van der Waals surface area contributed by atoms with Crippen LogP contribution in [0, 0.1) is 0 Å². The summed E-state index contributed by atoms with van der Waals surface area (Å²) in [7, 11) is 3.88. The zero-order chi connectivity index (χ0) is 25.2. The molecule has 8 nitrogen and oxygen atoms in total. The number of hydrazone groups is 1. The highest BCUT2D eigenvalue weighted by Crippen LogP contribution is 2.26. The first-order valence-electron chi connectivity index (χ1n) is 11.0. The minimum Gasteiger partial charge on any atom is -0.504 e. The van der Waals surface area contributed by atoms with Gasteiger partial charge in [-0.1, -0.05) is 30.3 Å². The molecule has 0 saturated carbocycles. The number of benzene rings is 3. The molecule has 0 spiro atoms. The van der Waals surface area contributed by atoms with Gasteiger partial charge in [0.25, 0.3) is 11.8 Å². The predicted octanol–water partition coefficient (Wildman–Crippen LogP) is 3.78. The van der Waals surface area contributed by atoms with Crippen LogP contribution in [0.25, 0.3) is 6.08 Å². The second-order valence-electron chi connectivity index (χ2n) is 7.72. The maximum absolute atomic E-state index is 12.9. The Morgan fingerprint density at radius 2 is 1.69 bits per heavy atom. The monoisotopic (exact) mass is 472 g/mol. The molecule has 0 unspecified atom stereocenters. The fourth-order valence-corrected chi connectivity index (χ4v) is 3.09. The maximum Gasteiger partial charge on any atom is 0.287 e. The first-order chi connectivity index (χ1) is 16.9. The number of hydrogen-bond acceptors (Lipinski definition) is 6. The first-order valence-corrected chi connectivity index (χ1v) is 11.0. The van der Waals surface area contributed by atoms with E-state index in [9.17, 15) is 14.7 Å². The standard InChI is InChI=1S/C27H28N4O4/c1-4-35-25-17-20(12-15-24(25)32)18-28-30-27(34)23(29-26(33)21-8-6-5-7-9-21)16-19-10-13-22(14-11-19)31(2)3/h5-18,32H,4H2,1-3H3,(H,29,33)(H,30,34). The Morgan fingerprint density at radius 3 is 2.34 bits per heavy atom. The lowest BCUT2D eigenvalue weighted by Crippen LogP contribution is -2.32. The molecule has 3 N–H and O–H groups in total. The molecule has 180 valence electrons. The summed E-state index contributed by atoms with van der Waals surface area (Å²) in [5.74, 6) is -0.673. The zero-order valence-electron chi connectivity index (χ0n) is 19.9. The van der Waals surface area contributed by atoms with Gasteiger partial charge >= 0.3 is 0 Å². The van der Waals surface area contributed by atoms with Crippen LogP contribution in [0.15, 0.2) is 83.6 Å². The van der Waals surface area contributed by atoms with Crippen LogP contribution >= 0.6 is 0 Å². The lowest BCUT2D eigenvalue weighted by molar-refractivity contribution is -0.117. The minimum absolute atomic E-state index is 0.0159. The van der Waals surface area contributed by atoms with Crippen molar-refractivity contribution in [3.05, 3.63) is 95.2 Å². The normalized spacial score (nSPS) is 11.2. The molecule has 2 amide bonds. The fourth-order valence-electron chi connectivity index (χ4n) is 3.09. The molecule has 0 atom stereocenters. The van der Waals surface area contributed by atoms with Crippen LogP contribution < -0.4 is 20.4 Å². The van der Waals surface area contributed by atoms with Gasteiger partial charge in [-0.3, -0.25) is 9.59 Å². The number of phenols is 1. The summed E-state index contributed by atoms with van der Waals surface area (Å²) in [6.45, 7) is 2.21. The van der Waals surface area contributed by atoms with Crippen LogP contribution in [-0.4, -0.2) is 43.8 Å². The molecular formula is C27H28N4O4. The highest BCUT2D eigenvalue weighted by molar-refractivity contribution is 6.05. The van der Waals surface area contributed by atoms with Crippen LogP contribution in [0.2, 0.25) is 0 Å². The van der Waals surface area contributed by atoms with Gasteiger partial charge in [-0.25, -0.2) is 5.43 Å². The summed E-state index contributed by atoms with van der Waals surface area (Å²) in [5.41, 5.74) is 5.25. The number of carbonyl (C=O) groups is 2. The number of carbonyl (C=O) groups excluding carboxylic acids is 2. The quantitative estimate of drug-likeness (QED) is 0.250. The van der Waals surface area contributed by atoms with Gasteiger partial charge in [-0.15, -0.1) is 0 Å². The molecule has 0 aliphatic heterocycles. The van der Waals surface area contributed by atoms with Gasteiger partial charge in [-0.2, -0.15) is 5.10 Å². The Morgan fingerprint density at radius 1 is 1.00 bits per heavy atom. The summed E-state index contributed by atoms with van der Waals surface area (Å²) >= 11 is 0. The van der Waals surface area contributed by atoms with Crippen molar-refractivity contribution < 1.29 is 19.4 Å². The van der Waals surface area contributed by atoms with Crippen molar-refractivity contribution in [3.8, 4) is 11.5 Å². The van der Waals surface area contributed by atoms with E-state index in [4.69, 9.17) is 4.74 Å². The third-order valence-electron chi connectivity index (χ3n) is 4.91. The predicted molar refractivity (Wildman–Crippen MR) is 138 cm³/mol. The lowest BCUT2D eigenvalue weighted by atomic mass is 10.1. The molecular weight excluding hydrogens is 444 g/mol. The Balaban J connectivity index is 1.80. The van der Waals surface area contributed by atoms with E-state index in [0.717, 1.165) is 11.3 Å². The number of rotatable bonds is 9. The molecule has 0 aliphatic carbocycles. The number of hydrogen-bond donors (Lipinski definition) is 3. The summed E-state index contributed by atoms with van der Waals surface area (Å²) in [5, 5.41) is 16.5. The molecule has 0 fully saturated rings. The second-order valence-corrected chi connectivity index (χ2v) is 7.72. The van der Waals surface area contributed by atoms with Crippen LogP contribution in [-0.2, 0) is 4.79 Å². The largest absolute Gasteiger partial charge is 0.504 e. The van der Waals surface area contributed by atoms with E-state index in [1.54, 1.807) is 42.5 Å². The Kier molecular flexibility index (Phi) is 8.61. The number of nitrogens with one attached hydrogen (secondary N) is 2. The summed E-state index contributed by atoms with van der Waals surface area (Å²) < 4.78 is 5.36. The molecule has 0 aromatic heterocycles. The Bertz CT molecular complexity index is 1220. The first kappa shape index (κ1) is 25.0. The Labute approximate surface area is 204 Å². The number of aromatic hydroxyl groups is 1. The van der Waals surface area contributed by atoms with Gasteiger partial charge in [-0.05, 0) is 66.6 Å². The summed E-state index contributed by atoms with van der Waals surface area (Å²) in [6.07, 6.45) is 3.00. The van der Waals surface area contributed by atoms with Crippen molar-refractivity contribution in [2.24, 2.45) is 5.10 Å². The summed E-state index contributed by atoms with van der Waals surface area (Å²) in [6, 6.07) is 20.9. The van der Waals surface area contributed by atoms with E-state index in [1.807, 2.05) is 56.3 Å². The SMILES string of the molecule is CCOc1cc(C=NNC(=O)C(=Cc2ccc(N(C)C)cc2)NC(=O)c2ccccc2)ccc1O. The topological polar surface area (TPSA) is 103 Å². The van der Waals surface area contributed by atoms with Crippen LogP contribution in [0.1, 0.15) is 28.4 Å². The van der Waals surface area contributed by atoms with Crippen molar-refractivity contribution in [1.29, 1.82) is 0 Å². The number of anilines is 1. The number of ether oxygens (including phenoxy) is 1. The van der Waals surface area contributed by atoms with Gasteiger partial charge in [0.05, 0.1) is 12.8 Å². The van der Waals surface area contributed by atoms with Crippen molar-refractivity contribution in [1.82, 2.24) is 10.7 Å². The van der Waals surface area contributed by atoms with E-state index < -0.39 is 11.8 Å². The van der Waals surface area contributed by atoms with Crippen LogP contribution in [0.4, 0.5) is 5.69 Å². The van der Waals surface area contributed by atoms with E-state index in [2.05, 4.69) is 15.8 Å². The van der Waals surface area contributed by atoms with Gasteiger partial charge < -0.3 is 20.1 Å². The van der Waals surface area contributed by atoms with Crippen LogP contribution in [0.3, 0.4) is 0 Å². The molecule has 35 heavy (non-hydrogen) atoms. The third-order valence-corrected chi connectivity index (χ3v) is 4.91. The summed E-state index contributed by atoms with van der Waals surface area (Å²) in [4.78, 5) is 27.6. The van der Waals surface area contributed by atoms with E-state index >= 15 is 0 Å².